The van der Waals surface area contributed by atoms with E-state index in [0.717, 1.165) is 17.1 Å². The highest BCUT2D eigenvalue weighted by Gasteiger charge is 2.20. The van der Waals surface area contributed by atoms with Crippen molar-refractivity contribution in [3.05, 3.63) is 0 Å². The molecule has 3 unspecified atom stereocenters. The highest BCUT2D eigenvalue weighted by Crippen LogP contribution is 2.30. The summed E-state index contributed by atoms with van der Waals surface area (Å²) in [4.78, 5) is 0. The zero-order valence-corrected chi connectivity index (χ0v) is 11.4. The van der Waals surface area contributed by atoms with Gasteiger partial charge in [0.1, 0.15) is 0 Å². The van der Waals surface area contributed by atoms with Gasteiger partial charge in [0.25, 0.3) is 0 Å². The zero-order chi connectivity index (χ0) is 11.1. The molecule has 1 nitrogen and oxygen atoms in total. The molecule has 1 N–H and O–H groups in total. The third-order valence-corrected chi connectivity index (χ3v) is 4.71. The molecular weight excluding hydrogens is 202 g/mol. The molecule has 0 radical (unpaired) electrons. The lowest BCUT2D eigenvalue weighted by Gasteiger charge is -2.28. The van der Waals surface area contributed by atoms with E-state index in [2.05, 4.69) is 25.4 Å². The molecule has 0 aromatic heterocycles. The average molecular weight is 229 g/mol. The molecule has 3 atom stereocenters. The van der Waals surface area contributed by atoms with Crippen LogP contribution in [0.25, 0.3) is 0 Å². The van der Waals surface area contributed by atoms with Crippen LogP contribution in [0, 0.1) is 11.8 Å². The van der Waals surface area contributed by atoms with Crippen LogP contribution in [0.1, 0.15) is 46.0 Å². The molecule has 1 aliphatic rings. The van der Waals surface area contributed by atoms with Crippen LogP contribution >= 0.6 is 11.8 Å². The normalized spacial score (nSPS) is 29.0. The Hall–Kier alpha value is 0.310. The van der Waals surface area contributed by atoms with Gasteiger partial charge in [0.2, 0.25) is 0 Å². The maximum absolute atomic E-state index is 3.63. The number of hydrogen-bond donors (Lipinski definition) is 1. The second-order valence-electron chi connectivity index (χ2n) is 5.01. The fourth-order valence-electron chi connectivity index (χ4n) is 2.53. The van der Waals surface area contributed by atoms with Crippen LogP contribution in [0.2, 0.25) is 0 Å². The minimum Gasteiger partial charge on any atom is -0.315 e. The molecule has 15 heavy (non-hydrogen) atoms. The van der Waals surface area contributed by atoms with Gasteiger partial charge in [0, 0.05) is 11.8 Å². The molecule has 0 spiro atoms. The lowest BCUT2D eigenvalue weighted by atomic mass is 9.80. The summed E-state index contributed by atoms with van der Waals surface area (Å²) < 4.78 is 0. The Morgan fingerprint density at radius 2 is 2.07 bits per heavy atom. The second-order valence-corrected chi connectivity index (χ2v) is 6.29. The Labute approximate surface area is 99.8 Å². The standard InChI is InChI=1S/C13H27NS/c1-4-12-6-5-7-13(8-12)10-14-9-11(2)15-3/h11-14H,4-10H2,1-3H3. The molecule has 1 aliphatic carbocycles. The maximum Gasteiger partial charge on any atom is 0.0141 e. The predicted molar refractivity (Wildman–Crippen MR) is 71.6 cm³/mol. The Bertz CT molecular complexity index is 161. The summed E-state index contributed by atoms with van der Waals surface area (Å²) in [5.74, 6) is 1.97. The molecule has 90 valence electrons. The predicted octanol–water partition coefficient (Wildman–Crippen LogP) is 3.54. The van der Waals surface area contributed by atoms with Gasteiger partial charge in [-0.2, -0.15) is 11.8 Å². The third-order valence-electron chi connectivity index (χ3n) is 3.74. The van der Waals surface area contributed by atoms with E-state index in [-0.39, 0.29) is 0 Å². The van der Waals surface area contributed by atoms with Crippen LogP contribution in [0.15, 0.2) is 0 Å². The molecule has 0 aliphatic heterocycles. The summed E-state index contributed by atoms with van der Waals surface area (Å²) in [5, 5.41) is 4.39. The number of rotatable bonds is 6. The summed E-state index contributed by atoms with van der Waals surface area (Å²) >= 11 is 1.95. The Kier molecular flexibility index (Phi) is 6.74. The van der Waals surface area contributed by atoms with Crippen molar-refractivity contribution in [2.75, 3.05) is 19.3 Å². The first-order chi connectivity index (χ1) is 7.26. The third kappa shape index (κ3) is 5.26. The fourth-order valence-corrected chi connectivity index (χ4v) is 2.82. The summed E-state index contributed by atoms with van der Waals surface area (Å²) in [5.41, 5.74) is 0. The van der Waals surface area contributed by atoms with Gasteiger partial charge in [0.15, 0.2) is 0 Å². The molecule has 1 saturated carbocycles. The number of nitrogens with one attached hydrogen (secondary N) is 1. The van der Waals surface area contributed by atoms with Crippen molar-refractivity contribution < 1.29 is 0 Å². The van der Waals surface area contributed by atoms with Gasteiger partial charge in [-0.15, -0.1) is 0 Å². The maximum atomic E-state index is 3.63. The Morgan fingerprint density at radius 3 is 2.73 bits per heavy atom. The monoisotopic (exact) mass is 229 g/mol. The van der Waals surface area contributed by atoms with Crippen molar-refractivity contribution in [3.8, 4) is 0 Å². The quantitative estimate of drug-likeness (QED) is 0.747. The van der Waals surface area contributed by atoms with E-state index in [1.165, 1.54) is 45.2 Å². The van der Waals surface area contributed by atoms with E-state index < -0.39 is 0 Å². The smallest absolute Gasteiger partial charge is 0.0141 e. The van der Waals surface area contributed by atoms with E-state index in [4.69, 9.17) is 0 Å². The minimum absolute atomic E-state index is 0.760. The zero-order valence-electron chi connectivity index (χ0n) is 10.6. The van der Waals surface area contributed by atoms with Crippen molar-refractivity contribution in [2.45, 2.75) is 51.2 Å². The average Bonchev–Trinajstić information content (AvgIpc) is 2.29. The topological polar surface area (TPSA) is 12.0 Å². The van der Waals surface area contributed by atoms with Crippen molar-refractivity contribution in [2.24, 2.45) is 11.8 Å². The molecule has 0 aromatic carbocycles. The summed E-state index contributed by atoms with van der Waals surface area (Å²) in [6, 6.07) is 0. The van der Waals surface area contributed by atoms with Crippen LogP contribution in [-0.4, -0.2) is 24.6 Å². The van der Waals surface area contributed by atoms with Crippen molar-refractivity contribution in [1.29, 1.82) is 0 Å². The highest BCUT2D eigenvalue weighted by atomic mass is 32.2. The summed E-state index contributed by atoms with van der Waals surface area (Å²) in [6.07, 6.45) is 9.45. The van der Waals surface area contributed by atoms with E-state index in [0.29, 0.717) is 0 Å². The van der Waals surface area contributed by atoms with Gasteiger partial charge in [0.05, 0.1) is 0 Å². The largest absolute Gasteiger partial charge is 0.315 e. The number of thioether (sulfide) groups is 1. The van der Waals surface area contributed by atoms with Gasteiger partial charge >= 0.3 is 0 Å². The lowest BCUT2D eigenvalue weighted by molar-refractivity contribution is 0.254. The number of hydrogen-bond acceptors (Lipinski definition) is 2. The van der Waals surface area contributed by atoms with Gasteiger partial charge in [-0.25, -0.2) is 0 Å². The molecule has 0 bridgehead atoms. The van der Waals surface area contributed by atoms with E-state index in [1.54, 1.807) is 0 Å². The molecule has 1 rings (SSSR count). The molecular formula is C13H27NS. The Balaban J connectivity index is 2.10. The molecule has 1 fully saturated rings. The van der Waals surface area contributed by atoms with Crippen molar-refractivity contribution in [3.63, 3.8) is 0 Å². The molecule has 0 saturated heterocycles. The lowest BCUT2D eigenvalue weighted by Crippen LogP contribution is -2.30. The van der Waals surface area contributed by atoms with Crippen LogP contribution in [0.5, 0.6) is 0 Å². The summed E-state index contributed by atoms with van der Waals surface area (Å²) in [7, 11) is 0. The van der Waals surface area contributed by atoms with Gasteiger partial charge < -0.3 is 5.32 Å². The van der Waals surface area contributed by atoms with E-state index in [9.17, 15) is 0 Å². The Morgan fingerprint density at radius 1 is 1.33 bits per heavy atom. The minimum atomic E-state index is 0.760. The van der Waals surface area contributed by atoms with Crippen LogP contribution in [0.4, 0.5) is 0 Å². The first-order valence-corrected chi connectivity index (χ1v) is 7.78. The van der Waals surface area contributed by atoms with Gasteiger partial charge in [-0.05, 0) is 37.5 Å². The van der Waals surface area contributed by atoms with Crippen LogP contribution < -0.4 is 5.32 Å². The SMILES string of the molecule is CCC1CCCC(CNCC(C)SC)C1. The molecule has 0 amide bonds. The first kappa shape index (κ1) is 13.4. The highest BCUT2D eigenvalue weighted by molar-refractivity contribution is 7.99. The van der Waals surface area contributed by atoms with Crippen LogP contribution in [-0.2, 0) is 0 Å². The molecule has 2 heteroatoms. The molecule has 0 heterocycles. The van der Waals surface area contributed by atoms with Crippen molar-refractivity contribution >= 4 is 11.8 Å². The van der Waals surface area contributed by atoms with Gasteiger partial charge in [-0.3, -0.25) is 0 Å². The van der Waals surface area contributed by atoms with Gasteiger partial charge in [-0.1, -0.05) is 33.1 Å². The first-order valence-electron chi connectivity index (χ1n) is 6.49. The molecule has 0 aromatic rings. The van der Waals surface area contributed by atoms with Crippen LogP contribution in [0.3, 0.4) is 0 Å². The van der Waals surface area contributed by atoms with Crippen molar-refractivity contribution in [1.82, 2.24) is 5.32 Å². The summed E-state index contributed by atoms with van der Waals surface area (Å²) in [6.45, 7) is 7.07. The fraction of sp³-hybridized carbons (Fsp3) is 1.00. The second kappa shape index (κ2) is 7.56. The van der Waals surface area contributed by atoms with E-state index >= 15 is 0 Å². The van der Waals surface area contributed by atoms with E-state index in [1.807, 2.05) is 11.8 Å².